The van der Waals surface area contributed by atoms with Gasteiger partial charge in [-0.25, -0.2) is 4.79 Å². The van der Waals surface area contributed by atoms with Gasteiger partial charge in [0.1, 0.15) is 6.61 Å². The van der Waals surface area contributed by atoms with Gasteiger partial charge in [0.05, 0.1) is 18.4 Å². The number of carbonyl (C=O) groups excluding carboxylic acids is 2. The normalized spacial score (nSPS) is 12.9. The van der Waals surface area contributed by atoms with Gasteiger partial charge in [-0.1, -0.05) is 44.2 Å². The number of hydrogen-bond acceptors (Lipinski definition) is 6. The minimum Gasteiger partial charge on any atom is -0.481 e. The van der Waals surface area contributed by atoms with E-state index in [0.717, 1.165) is 5.56 Å². The molecule has 1 rings (SSSR count). The first-order valence-electron chi connectivity index (χ1n) is 8.76. The highest BCUT2D eigenvalue weighted by atomic mass is 19.4. The second-order valence-electron chi connectivity index (χ2n) is 6.63. The molecule has 8 nitrogen and oxygen atoms in total. The minimum atomic E-state index is -5.08. The Morgan fingerprint density at radius 3 is 1.93 bits per heavy atom. The highest BCUT2D eigenvalue weighted by Gasteiger charge is 2.38. The van der Waals surface area contributed by atoms with E-state index in [2.05, 4.69) is 0 Å². The predicted molar refractivity (Wildman–Crippen MR) is 98.1 cm³/mol. The molecule has 0 heterocycles. The number of alkyl halides is 3. The molecule has 0 saturated carbocycles. The zero-order chi connectivity index (χ0) is 23.5. The topological polar surface area (TPSA) is 144 Å². The van der Waals surface area contributed by atoms with Crippen LogP contribution in [0.5, 0.6) is 0 Å². The van der Waals surface area contributed by atoms with Crippen LogP contribution in [0.2, 0.25) is 0 Å². The maximum absolute atomic E-state index is 11.9. The van der Waals surface area contributed by atoms with Crippen molar-refractivity contribution in [2.24, 2.45) is 17.6 Å². The first-order chi connectivity index (χ1) is 13.8. The lowest BCUT2D eigenvalue weighted by Gasteiger charge is -2.17. The number of nitrogens with two attached hydrogens (primary N) is 1. The zero-order valence-electron chi connectivity index (χ0n) is 16.4. The standard InChI is InChI=1S/C17H23NO5.C2HF3O2/c1-11(2)16(18)14(19)8-13(17(21)22)9-15(20)23-10-12-6-4-3-5-7-12;3-2(4,5)1(6)7/h3-7,11,13,16H,8-10,18H2,1-2H3,(H,21,22);(H,6,7)/t13-,16-;/m0./s1. The van der Waals surface area contributed by atoms with Crippen molar-refractivity contribution in [3.8, 4) is 0 Å². The molecule has 2 atom stereocenters. The zero-order valence-corrected chi connectivity index (χ0v) is 16.4. The number of ketones is 1. The lowest BCUT2D eigenvalue weighted by Crippen LogP contribution is -2.37. The summed E-state index contributed by atoms with van der Waals surface area (Å²) in [5.41, 5.74) is 6.53. The van der Waals surface area contributed by atoms with E-state index in [1.807, 2.05) is 18.2 Å². The molecule has 0 bridgehead atoms. The van der Waals surface area contributed by atoms with E-state index in [4.69, 9.17) is 20.4 Å². The fraction of sp³-hybridized carbons (Fsp3) is 0.474. The lowest BCUT2D eigenvalue weighted by atomic mass is 9.91. The van der Waals surface area contributed by atoms with Crippen molar-refractivity contribution in [3.63, 3.8) is 0 Å². The van der Waals surface area contributed by atoms with Crippen LogP contribution in [0.25, 0.3) is 0 Å². The largest absolute Gasteiger partial charge is 0.490 e. The van der Waals surface area contributed by atoms with Crippen LogP contribution in [-0.4, -0.2) is 46.1 Å². The van der Waals surface area contributed by atoms with E-state index in [-0.39, 0.29) is 31.1 Å². The number of Topliss-reactive ketones (excluding diaryl/α,β-unsaturated/α-hetero) is 1. The van der Waals surface area contributed by atoms with Crippen molar-refractivity contribution in [3.05, 3.63) is 35.9 Å². The smallest absolute Gasteiger partial charge is 0.481 e. The summed E-state index contributed by atoms with van der Waals surface area (Å²) in [7, 11) is 0. The molecule has 1 aromatic rings. The van der Waals surface area contributed by atoms with Crippen molar-refractivity contribution in [2.45, 2.75) is 45.5 Å². The Bertz CT molecular complexity index is 721. The Balaban J connectivity index is 0.00000103. The second kappa shape index (κ2) is 12.6. The number of carbonyl (C=O) groups is 4. The number of halogens is 3. The van der Waals surface area contributed by atoms with Gasteiger partial charge in [0.2, 0.25) is 0 Å². The van der Waals surface area contributed by atoms with Crippen molar-refractivity contribution in [2.75, 3.05) is 0 Å². The Morgan fingerprint density at radius 1 is 1.03 bits per heavy atom. The highest BCUT2D eigenvalue weighted by molar-refractivity contribution is 5.89. The summed E-state index contributed by atoms with van der Waals surface area (Å²) >= 11 is 0. The van der Waals surface area contributed by atoms with Crippen LogP contribution in [0.4, 0.5) is 13.2 Å². The van der Waals surface area contributed by atoms with Gasteiger partial charge in [-0.05, 0) is 11.5 Å². The molecule has 1 aromatic carbocycles. The summed E-state index contributed by atoms with van der Waals surface area (Å²) in [6.45, 7) is 3.64. The molecule has 0 aromatic heterocycles. The van der Waals surface area contributed by atoms with E-state index >= 15 is 0 Å². The van der Waals surface area contributed by atoms with Gasteiger partial charge in [0.25, 0.3) is 0 Å². The monoisotopic (exact) mass is 435 g/mol. The van der Waals surface area contributed by atoms with Gasteiger partial charge >= 0.3 is 24.1 Å². The average Bonchev–Trinajstić information content (AvgIpc) is 2.65. The number of hydrogen-bond donors (Lipinski definition) is 3. The summed E-state index contributed by atoms with van der Waals surface area (Å²) < 4.78 is 36.8. The van der Waals surface area contributed by atoms with Crippen LogP contribution >= 0.6 is 0 Å². The highest BCUT2D eigenvalue weighted by Crippen LogP contribution is 2.15. The predicted octanol–water partition coefficient (Wildman–Crippen LogP) is 2.40. The number of esters is 1. The molecule has 0 aliphatic heterocycles. The Hall–Kier alpha value is -2.95. The maximum atomic E-state index is 11.9. The molecule has 4 N–H and O–H groups in total. The van der Waals surface area contributed by atoms with E-state index < -0.39 is 36.0 Å². The maximum Gasteiger partial charge on any atom is 0.490 e. The number of ether oxygens (including phenoxy) is 1. The van der Waals surface area contributed by atoms with Gasteiger partial charge in [0.15, 0.2) is 5.78 Å². The Kier molecular flexibility index (Phi) is 11.3. The van der Waals surface area contributed by atoms with Gasteiger partial charge < -0.3 is 20.7 Å². The third kappa shape index (κ3) is 11.1. The molecule has 11 heteroatoms. The lowest BCUT2D eigenvalue weighted by molar-refractivity contribution is -0.192. The minimum absolute atomic E-state index is 0.0749. The molecular formula is C19H24F3NO7. The molecule has 0 spiro atoms. The Labute approximate surface area is 170 Å². The number of benzene rings is 1. The number of carboxylic acid groups (broad SMARTS) is 2. The molecule has 0 amide bonds. The van der Waals surface area contributed by atoms with Gasteiger partial charge in [0, 0.05) is 6.42 Å². The SMILES string of the molecule is CC(C)[C@H](N)C(=O)C[C@@H](CC(=O)OCc1ccccc1)C(=O)O.O=C(O)C(F)(F)F. The van der Waals surface area contributed by atoms with Crippen LogP contribution in [-0.2, 0) is 30.5 Å². The van der Waals surface area contributed by atoms with Crippen LogP contribution in [0, 0.1) is 11.8 Å². The summed E-state index contributed by atoms with van der Waals surface area (Å²) in [6.07, 6.45) is -5.70. The van der Waals surface area contributed by atoms with Crippen molar-refractivity contribution < 1.29 is 47.3 Å². The van der Waals surface area contributed by atoms with Gasteiger partial charge in [-0.2, -0.15) is 13.2 Å². The molecule has 0 aliphatic carbocycles. The number of aliphatic carboxylic acids is 2. The van der Waals surface area contributed by atoms with Gasteiger partial charge in [-0.3, -0.25) is 14.4 Å². The average molecular weight is 435 g/mol. The first-order valence-corrected chi connectivity index (χ1v) is 8.76. The summed E-state index contributed by atoms with van der Waals surface area (Å²) in [5.74, 6) is -6.16. The molecule has 168 valence electrons. The van der Waals surface area contributed by atoms with Crippen molar-refractivity contribution in [1.29, 1.82) is 0 Å². The van der Waals surface area contributed by atoms with Gasteiger partial charge in [-0.15, -0.1) is 0 Å². The van der Waals surface area contributed by atoms with Crippen LogP contribution in [0.15, 0.2) is 30.3 Å². The van der Waals surface area contributed by atoms with Crippen LogP contribution < -0.4 is 5.73 Å². The summed E-state index contributed by atoms with van der Waals surface area (Å²) in [6, 6.07) is 8.34. The third-order valence-electron chi connectivity index (χ3n) is 3.79. The molecule has 0 fully saturated rings. The van der Waals surface area contributed by atoms with E-state index in [0.29, 0.717) is 0 Å². The number of carboxylic acids is 2. The summed E-state index contributed by atoms with van der Waals surface area (Å²) in [4.78, 5) is 43.8. The molecular weight excluding hydrogens is 411 g/mol. The van der Waals surface area contributed by atoms with E-state index in [9.17, 15) is 32.7 Å². The molecule has 0 unspecified atom stereocenters. The van der Waals surface area contributed by atoms with E-state index in [1.54, 1.807) is 26.0 Å². The molecule has 0 radical (unpaired) electrons. The van der Waals surface area contributed by atoms with Crippen LogP contribution in [0.3, 0.4) is 0 Å². The first kappa shape index (κ1) is 27.0. The fourth-order valence-electron chi connectivity index (χ4n) is 2.00. The van der Waals surface area contributed by atoms with Crippen molar-refractivity contribution >= 4 is 23.7 Å². The van der Waals surface area contributed by atoms with Crippen LogP contribution in [0.1, 0.15) is 32.3 Å². The fourth-order valence-corrected chi connectivity index (χ4v) is 2.00. The molecule has 30 heavy (non-hydrogen) atoms. The molecule has 0 saturated heterocycles. The molecule has 0 aliphatic rings. The van der Waals surface area contributed by atoms with E-state index in [1.165, 1.54) is 0 Å². The van der Waals surface area contributed by atoms with Crippen molar-refractivity contribution in [1.82, 2.24) is 0 Å². The quantitative estimate of drug-likeness (QED) is 0.502. The Morgan fingerprint density at radius 2 is 1.53 bits per heavy atom. The number of rotatable bonds is 9. The second-order valence-corrected chi connectivity index (χ2v) is 6.63. The summed E-state index contributed by atoms with van der Waals surface area (Å²) in [5, 5.41) is 16.3. The third-order valence-corrected chi connectivity index (χ3v) is 3.79.